The molecule has 1 saturated heterocycles. The van der Waals surface area contributed by atoms with Crippen molar-refractivity contribution in [2.75, 3.05) is 18.5 Å². The van der Waals surface area contributed by atoms with Crippen LogP contribution >= 0.6 is 11.6 Å². The van der Waals surface area contributed by atoms with E-state index in [4.69, 9.17) is 25.8 Å². The first kappa shape index (κ1) is 27.6. The third kappa shape index (κ3) is 6.25. The van der Waals surface area contributed by atoms with Crippen molar-refractivity contribution in [3.8, 4) is 5.75 Å². The van der Waals surface area contributed by atoms with Gasteiger partial charge in [-0.05, 0) is 56.2 Å². The normalized spacial score (nSPS) is 18.9. The Balaban J connectivity index is 1.37. The largest absolute Gasteiger partial charge is 0.458 e. The van der Waals surface area contributed by atoms with Gasteiger partial charge in [-0.1, -0.05) is 35.9 Å². The van der Waals surface area contributed by atoms with E-state index < -0.39 is 23.4 Å². The van der Waals surface area contributed by atoms with Crippen LogP contribution in [-0.4, -0.2) is 51.5 Å². The Hall–Kier alpha value is -3.99. The molecule has 1 N–H and O–H groups in total. The summed E-state index contributed by atoms with van der Waals surface area (Å²) in [6.45, 7) is 6.25. The van der Waals surface area contributed by atoms with Crippen LogP contribution in [0.1, 0.15) is 26.3 Å². The van der Waals surface area contributed by atoms with Gasteiger partial charge in [-0.15, -0.1) is 0 Å². The highest BCUT2D eigenvalue weighted by Gasteiger charge is 2.34. The van der Waals surface area contributed by atoms with Crippen LogP contribution in [0.3, 0.4) is 0 Å². The fraction of sp³-hybridized carbons (Fsp3) is 0.276. The van der Waals surface area contributed by atoms with E-state index in [-0.39, 0.29) is 18.3 Å². The minimum absolute atomic E-state index is 0.00537. The van der Waals surface area contributed by atoms with E-state index in [1.54, 1.807) is 60.3 Å². The molecule has 0 aliphatic carbocycles. The number of para-hydroxylation sites is 1. The van der Waals surface area contributed by atoms with Gasteiger partial charge in [0, 0.05) is 18.3 Å². The molecule has 0 spiro atoms. The molecule has 9 nitrogen and oxygen atoms in total. The number of aromatic nitrogens is 2. The van der Waals surface area contributed by atoms with Crippen LogP contribution in [0.2, 0.25) is 5.02 Å². The van der Waals surface area contributed by atoms with Crippen LogP contribution in [0.4, 0.5) is 10.2 Å². The molecule has 2 aliphatic heterocycles. The Morgan fingerprint density at radius 3 is 2.65 bits per heavy atom. The number of benzene rings is 2. The van der Waals surface area contributed by atoms with Gasteiger partial charge in [0.25, 0.3) is 11.8 Å². The summed E-state index contributed by atoms with van der Waals surface area (Å²) in [5.41, 5.74) is 1.12. The summed E-state index contributed by atoms with van der Waals surface area (Å²) in [7, 11) is 0. The van der Waals surface area contributed by atoms with Gasteiger partial charge in [0.15, 0.2) is 11.6 Å². The molecule has 5 rings (SSSR count). The molecular weight excluding hydrogens is 539 g/mol. The molecule has 1 fully saturated rings. The number of anilines is 1. The highest BCUT2D eigenvalue weighted by Crippen LogP contribution is 2.30. The Kier molecular flexibility index (Phi) is 7.75. The van der Waals surface area contributed by atoms with Gasteiger partial charge in [0.05, 0.1) is 24.7 Å². The van der Waals surface area contributed by atoms with Crippen molar-refractivity contribution < 1.29 is 28.2 Å². The second kappa shape index (κ2) is 11.2. The lowest BCUT2D eigenvalue weighted by Gasteiger charge is -2.22. The summed E-state index contributed by atoms with van der Waals surface area (Å²) >= 11 is 6.21. The second-order valence-electron chi connectivity index (χ2n) is 9.88. The summed E-state index contributed by atoms with van der Waals surface area (Å²) < 4.78 is 32.6. The average molecular weight is 567 g/mol. The van der Waals surface area contributed by atoms with E-state index in [2.05, 4.69) is 10.4 Å². The van der Waals surface area contributed by atoms with Crippen molar-refractivity contribution >= 4 is 34.8 Å². The quantitative estimate of drug-likeness (QED) is 0.386. The molecule has 0 radical (unpaired) electrons. The third-order valence-corrected chi connectivity index (χ3v) is 6.71. The van der Waals surface area contributed by atoms with E-state index in [0.29, 0.717) is 46.6 Å². The van der Waals surface area contributed by atoms with E-state index in [9.17, 15) is 14.0 Å². The number of amides is 2. The molecule has 2 amide bonds. The van der Waals surface area contributed by atoms with Crippen LogP contribution in [0.25, 0.3) is 5.57 Å². The number of carbonyl (C=O) groups is 2. The van der Waals surface area contributed by atoms with Gasteiger partial charge >= 0.3 is 0 Å². The van der Waals surface area contributed by atoms with Gasteiger partial charge < -0.3 is 19.5 Å². The number of rotatable bonds is 8. The smallest absolute Gasteiger partial charge is 0.273 e. The molecule has 3 aromatic rings. The van der Waals surface area contributed by atoms with Gasteiger partial charge in [-0.3, -0.25) is 19.2 Å². The van der Waals surface area contributed by atoms with Crippen molar-refractivity contribution in [3.05, 3.63) is 94.7 Å². The highest BCUT2D eigenvalue weighted by molar-refractivity contribution is 6.32. The highest BCUT2D eigenvalue weighted by atomic mass is 35.5. The minimum atomic E-state index is -0.656. The summed E-state index contributed by atoms with van der Waals surface area (Å²) in [6.07, 6.45) is 2.85. The number of hydrogen-bond acceptors (Lipinski definition) is 6. The Bertz CT molecular complexity index is 1500. The van der Waals surface area contributed by atoms with E-state index in [0.717, 1.165) is 0 Å². The molecule has 0 bridgehead atoms. The molecule has 11 heteroatoms. The standard InChI is InChI=1S/C29H28ClFN4O5/c1-18(19-8-10-20(31)11-9-19)27(35-16-21(14-26(35)36)39-24-7-5-4-6-23(24)30)28(37)32-25-12-13-34(33-25)15-22-17-38-29(2,3)40-22/h4-14,22H,15-17H2,1-3H3,(H,32,33,37)/b27-18+/t22-/m1/s1. The molecule has 1 atom stereocenters. The number of hydrogen-bond donors (Lipinski definition) is 1. The first-order chi connectivity index (χ1) is 19.1. The number of carbonyl (C=O) groups excluding carboxylic acids is 2. The Morgan fingerprint density at radius 2 is 1.95 bits per heavy atom. The maximum atomic E-state index is 13.7. The summed E-state index contributed by atoms with van der Waals surface area (Å²) in [5, 5.41) is 7.61. The van der Waals surface area contributed by atoms with E-state index in [1.165, 1.54) is 23.1 Å². The zero-order valence-electron chi connectivity index (χ0n) is 22.2. The fourth-order valence-electron chi connectivity index (χ4n) is 4.51. The maximum absolute atomic E-state index is 13.7. The molecule has 0 unspecified atom stereocenters. The van der Waals surface area contributed by atoms with Gasteiger partial charge in [-0.25, -0.2) is 4.39 Å². The first-order valence-corrected chi connectivity index (χ1v) is 13.0. The second-order valence-corrected chi connectivity index (χ2v) is 10.3. The van der Waals surface area contributed by atoms with Gasteiger partial charge in [-0.2, -0.15) is 5.10 Å². The predicted molar refractivity (Wildman–Crippen MR) is 147 cm³/mol. The lowest BCUT2D eigenvalue weighted by molar-refractivity contribution is -0.139. The van der Waals surface area contributed by atoms with Crippen molar-refractivity contribution in [1.29, 1.82) is 0 Å². The van der Waals surface area contributed by atoms with Crippen molar-refractivity contribution in [3.63, 3.8) is 0 Å². The number of allylic oxidation sites excluding steroid dienone is 1. The summed E-state index contributed by atoms with van der Waals surface area (Å²) in [6, 6.07) is 14.2. The molecule has 3 heterocycles. The number of nitrogens with one attached hydrogen (secondary N) is 1. The molecular formula is C29H28ClFN4O5. The van der Waals surface area contributed by atoms with E-state index in [1.807, 2.05) is 13.8 Å². The first-order valence-electron chi connectivity index (χ1n) is 12.7. The van der Waals surface area contributed by atoms with Crippen LogP contribution < -0.4 is 10.1 Å². The fourth-order valence-corrected chi connectivity index (χ4v) is 4.69. The minimum Gasteiger partial charge on any atom is -0.458 e. The van der Waals surface area contributed by atoms with Crippen LogP contribution in [0, 0.1) is 5.82 Å². The number of halogens is 2. The predicted octanol–water partition coefficient (Wildman–Crippen LogP) is 5.00. The van der Waals surface area contributed by atoms with Gasteiger partial charge in [0.2, 0.25) is 0 Å². The van der Waals surface area contributed by atoms with Crippen LogP contribution in [0.5, 0.6) is 5.75 Å². The molecule has 0 saturated carbocycles. The summed E-state index contributed by atoms with van der Waals surface area (Å²) in [4.78, 5) is 28.1. The average Bonchev–Trinajstić information content (AvgIpc) is 3.59. The van der Waals surface area contributed by atoms with E-state index >= 15 is 0 Å². The molecule has 2 aromatic carbocycles. The lowest BCUT2D eigenvalue weighted by Crippen LogP contribution is -2.34. The SMILES string of the molecule is C/C(=C(/C(=O)Nc1ccn(C[C@@H]2COC(C)(C)O2)n1)N1CC(Oc2ccccc2Cl)=CC1=O)c1ccc(F)cc1. The Morgan fingerprint density at radius 1 is 1.20 bits per heavy atom. The van der Waals surface area contributed by atoms with Crippen molar-refractivity contribution in [2.45, 2.75) is 39.2 Å². The number of nitrogens with zero attached hydrogens (tertiary/aromatic N) is 3. The molecule has 40 heavy (non-hydrogen) atoms. The number of ether oxygens (including phenoxy) is 3. The molecule has 2 aliphatic rings. The Labute approximate surface area is 235 Å². The molecule has 208 valence electrons. The zero-order chi connectivity index (χ0) is 28.4. The lowest BCUT2D eigenvalue weighted by atomic mass is 10.0. The maximum Gasteiger partial charge on any atom is 0.273 e. The van der Waals surface area contributed by atoms with Crippen molar-refractivity contribution in [2.24, 2.45) is 0 Å². The monoisotopic (exact) mass is 566 g/mol. The topological polar surface area (TPSA) is 94.9 Å². The molecule has 1 aromatic heterocycles. The summed E-state index contributed by atoms with van der Waals surface area (Å²) in [5.74, 6) is -1.07. The van der Waals surface area contributed by atoms with Crippen LogP contribution in [0.15, 0.2) is 78.3 Å². The van der Waals surface area contributed by atoms with Crippen molar-refractivity contribution in [1.82, 2.24) is 14.7 Å². The third-order valence-electron chi connectivity index (χ3n) is 6.40. The van der Waals surface area contributed by atoms with Crippen LogP contribution in [-0.2, 0) is 25.6 Å². The van der Waals surface area contributed by atoms with Gasteiger partial charge in [0.1, 0.15) is 29.1 Å². The zero-order valence-corrected chi connectivity index (χ0v) is 22.9.